The van der Waals surface area contributed by atoms with Crippen LogP contribution in [0, 0.1) is 5.92 Å². The molecule has 6 nitrogen and oxygen atoms in total. The lowest BCUT2D eigenvalue weighted by Gasteiger charge is -2.30. The Bertz CT molecular complexity index is 607. The summed E-state index contributed by atoms with van der Waals surface area (Å²) in [5.74, 6) is -1.64. The molecule has 1 aromatic rings. The quantitative estimate of drug-likeness (QED) is 0.788. The van der Waals surface area contributed by atoms with Crippen molar-refractivity contribution in [3.05, 3.63) is 23.9 Å². The second-order valence-corrected chi connectivity index (χ2v) is 5.69. The van der Waals surface area contributed by atoms with Gasteiger partial charge in [0.15, 0.2) is 0 Å². The summed E-state index contributed by atoms with van der Waals surface area (Å²) in [6.07, 6.45) is -3.34. The number of hydrogen-bond acceptors (Lipinski definition) is 3. The monoisotopic (exact) mass is 344 g/mol. The summed E-state index contributed by atoms with van der Waals surface area (Å²) in [7, 11) is 1.46. The van der Waals surface area contributed by atoms with Crippen LogP contribution in [0.15, 0.2) is 18.2 Å². The van der Waals surface area contributed by atoms with Gasteiger partial charge in [-0.05, 0) is 31.4 Å². The SMILES string of the molecule is CNC(=O)c1cccc(NC(=O)N[C@H]2CCC[C@H](C(F)(F)F)C2)n1. The number of alkyl halides is 3. The Balaban J connectivity index is 1.92. The zero-order valence-corrected chi connectivity index (χ0v) is 13.1. The van der Waals surface area contributed by atoms with Gasteiger partial charge in [0, 0.05) is 13.1 Å². The summed E-state index contributed by atoms with van der Waals surface area (Å²) in [5, 5.41) is 7.39. The normalized spacial score (nSPS) is 21.0. The van der Waals surface area contributed by atoms with Crippen molar-refractivity contribution in [2.45, 2.75) is 37.9 Å². The predicted octanol–water partition coefficient (Wildman–Crippen LogP) is 2.68. The van der Waals surface area contributed by atoms with Crippen LogP contribution < -0.4 is 16.0 Å². The van der Waals surface area contributed by atoms with E-state index in [1.54, 1.807) is 6.07 Å². The number of halogens is 3. The molecule has 0 saturated heterocycles. The molecule has 0 radical (unpaired) electrons. The van der Waals surface area contributed by atoms with E-state index in [0.717, 1.165) is 0 Å². The van der Waals surface area contributed by atoms with Gasteiger partial charge in [-0.25, -0.2) is 9.78 Å². The van der Waals surface area contributed by atoms with Gasteiger partial charge in [-0.3, -0.25) is 10.1 Å². The molecule has 0 aliphatic heterocycles. The number of anilines is 1. The highest BCUT2D eigenvalue weighted by Crippen LogP contribution is 2.37. The van der Waals surface area contributed by atoms with Crippen molar-refractivity contribution in [2.75, 3.05) is 12.4 Å². The molecule has 1 aliphatic rings. The third kappa shape index (κ3) is 4.84. The molecule has 3 amide bonds. The van der Waals surface area contributed by atoms with Crippen LogP contribution in [0.5, 0.6) is 0 Å². The Labute approximate surface area is 137 Å². The van der Waals surface area contributed by atoms with Crippen molar-refractivity contribution in [2.24, 2.45) is 5.92 Å². The van der Waals surface area contributed by atoms with Gasteiger partial charge in [0.25, 0.3) is 5.91 Å². The number of aromatic nitrogens is 1. The van der Waals surface area contributed by atoms with Gasteiger partial charge < -0.3 is 10.6 Å². The number of rotatable bonds is 3. The van der Waals surface area contributed by atoms with E-state index in [0.29, 0.717) is 12.8 Å². The lowest BCUT2D eigenvalue weighted by Crippen LogP contribution is -2.43. The number of carbonyl (C=O) groups is 2. The summed E-state index contributed by atoms with van der Waals surface area (Å²) in [5.41, 5.74) is 0.130. The van der Waals surface area contributed by atoms with Crippen molar-refractivity contribution in [3.8, 4) is 0 Å². The largest absolute Gasteiger partial charge is 0.391 e. The lowest BCUT2D eigenvalue weighted by molar-refractivity contribution is -0.183. The third-order valence-corrected chi connectivity index (χ3v) is 3.92. The minimum atomic E-state index is -4.24. The van der Waals surface area contributed by atoms with Crippen LogP contribution in [-0.4, -0.2) is 36.2 Å². The number of nitrogens with zero attached hydrogens (tertiary/aromatic N) is 1. The van der Waals surface area contributed by atoms with Crippen LogP contribution in [0.3, 0.4) is 0 Å². The van der Waals surface area contributed by atoms with E-state index < -0.39 is 30.1 Å². The highest BCUT2D eigenvalue weighted by Gasteiger charge is 2.42. The standard InChI is InChI=1S/C15H19F3N4O2/c1-19-13(23)11-6-3-7-12(21-11)22-14(24)20-10-5-2-4-9(8-10)15(16,17)18/h3,6-7,9-10H,2,4-5,8H2,1H3,(H,19,23)(H2,20,21,22,24)/t9-,10-/m0/s1. The van der Waals surface area contributed by atoms with E-state index in [-0.39, 0.29) is 24.4 Å². The Morgan fingerprint density at radius 3 is 2.67 bits per heavy atom. The van der Waals surface area contributed by atoms with Crippen molar-refractivity contribution in [1.82, 2.24) is 15.6 Å². The summed E-state index contributed by atoms with van der Waals surface area (Å²) >= 11 is 0. The maximum absolute atomic E-state index is 12.8. The molecule has 0 bridgehead atoms. The molecule has 0 aromatic carbocycles. The van der Waals surface area contributed by atoms with E-state index >= 15 is 0 Å². The van der Waals surface area contributed by atoms with E-state index in [1.165, 1.54) is 19.2 Å². The van der Waals surface area contributed by atoms with Gasteiger partial charge in [-0.2, -0.15) is 13.2 Å². The summed E-state index contributed by atoms with van der Waals surface area (Å²) in [6, 6.07) is 3.35. The van der Waals surface area contributed by atoms with Gasteiger partial charge in [0.1, 0.15) is 11.5 Å². The first-order valence-corrected chi connectivity index (χ1v) is 7.63. The Hall–Kier alpha value is -2.32. The highest BCUT2D eigenvalue weighted by atomic mass is 19.4. The molecule has 1 aliphatic carbocycles. The first kappa shape index (κ1) is 18.0. The fourth-order valence-corrected chi connectivity index (χ4v) is 2.71. The molecule has 0 spiro atoms. The highest BCUT2D eigenvalue weighted by molar-refractivity contribution is 5.93. The van der Waals surface area contributed by atoms with Gasteiger partial charge in [0.05, 0.1) is 5.92 Å². The fraction of sp³-hybridized carbons (Fsp3) is 0.533. The molecule has 24 heavy (non-hydrogen) atoms. The second-order valence-electron chi connectivity index (χ2n) is 5.69. The number of carbonyl (C=O) groups excluding carboxylic acids is 2. The Morgan fingerprint density at radius 2 is 2.00 bits per heavy atom. The second kappa shape index (κ2) is 7.50. The van der Waals surface area contributed by atoms with E-state index in [4.69, 9.17) is 0 Å². The maximum atomic E-state index is 12.8. The smallest absolute Gasteiger partial charge is 0.354 e. The Kier molecular flexibility index (Phi) is 5.63. The number of amides is 3. The topological polar surface area (TPSA) is 83.1 Å². The van der Waals surface area contributed by atoms with E-state index in [2.05, 4.69) is 20.9 Å². The molecular formula is C15H19F3N4O2. The van der Waals surface area contributed by atoms with Gasteiger partial charge in [-0.1, -0.05) is 12.5 Å². The van der Waals surface area contributed by atoms with Crippen molar-refractivity contribution in [1.29, 1.82) is 0 Å². The molecule has 1 saturated carbocycles. The van der Waals surface area contributed by atoms with Crippen LogP contribution in [0.4, 0.5) is 23.8 Å². The van der Waals surface area contributed by atoms with Crippen LogP contribution in [0.25, 0.3) is 0 Å². The first-order valence-electron chi connectivity index (χ1n) is 7.63. The number of pyridine rings is 1. The molecule has 3 N–H and O–H groups in total. The average Bonchev–Trinajstić information content (AvgIpc) is 2.53. The Morgan fingerprint density at radius 1 is 1.25 bits per heavy atom. The van der Waals surface area contributed by atoms with Gasteiger partial charge in [0.2, 0.25) is 0 Å². The van der Waals surface area contributed by atoms with E-state index in [1.807, 2.05) is 0 Å². The number of nitrogens with one attached hydrogen (secondary N) is 3. The van der Waals surface area contributed by atoms with Gasteiger partial charge in [-0.15, -0.1) is 0 Å². The van der Waals surface area contributed by atoms with Crippen LogP contribution >= 0.6 is 0 Å². The molecule has 2 atom stereocenters. The number of hydrogen-bond donors (Lipinski definition) is 3. The van der Waals surface area contributed by atoms with Crippen LogP contribution in [-0.2, 0) is 0 Å². The maximum Gasteiger partial charge on any atom is 0.391 e. The lowest BCUT2D eigenvalue weighted by atomic mass is 9.85. The molecule has 9 heteroatoms. The summed E-state index contributed by atoms with van der Waals surface area (Å²) in [4.78, 5) is 27.4. The minimum absolute atomic E-state index is 0.0963. The molecule has 1 heterocycles. The molecule has 2 rings (SSSR count). The van der Waals surface area contributed by atoms with Crippen molar-refractivity contribution < 1.29 is 22.8 Å². The van der Waals surface area contributed by atoms with Crippen LogP contribution in [0.2, 0.25) is 0 Å². The van der Waals surface area contributed by atoms with Gasteiger partial charge >= 0.3 is 12.2 Å². The summed E-state index contributed by atoms with van der Waals surface area (Å²) in [6.45, 7) is 0. The molecule has 0 unspecified atom stereocenters. The zero-order valence-electron chi connectivity index (χ0n) is 13.1. The molecular weight excluding hydrogens is 325 g/mol. The minimum Gasteiger partial charge on any atom is -0.354 e. The average molecular weight is 344 g/mol. The summed E-state index contributed by atoms with van der Waals surface area (Å²) < 4.78 is 38.3. The van der Waals surface area contributed by atoms with Crippen LogP contribution in [0.1, 0.15) is 36.2 Å². The van der Waals surface area contributed by atoms with Crippen molar-refractivity contribution in [3.63, 3.8) is 0 Å². The third-order valence-electron chi connectivity index (χ3n) is 3.92. The number of urea groups is 1. The molecule has 1 fully saturated rings. The molecule has 132 valence electrons. The first-order chi connectivity index (χ1) is 11.3. The van der Waals surface area contributed by atoms with Crippen molar-refractivity contribution >= 4 is 17.8 Å². The van der Waals surface area contributed by atoms with E-state index in [9.17, 15) is 22.8 Å². The fourth-order valence-electron chi connectivity index (χ4n) is 2.71. The zero-order chi connectivity index (χ0) is 17.7. The molecule has 1 aromatic heterocycles. The predicted molar refractivity (Wildman–Crippen MR) is 81.6 cm³/mol.